The first-order chi connectivity index (χ1) is 14.5. The van der Waals surface area contributed by atoms with Gasteiger partial charge in [0.2, 0.25) is 11.8 Å². The van der Waals surface area contributed by atoms with Crippen LogP contribution >= 0.6 is 0 Å². The lowest BCUT2D eigenvalue weighted by molar-refractivity contribution is -0.123. The minimum Gasteiger partial charge on any atom is -0.493 e. The molecule has 1 aromatic carbocycles. The zero-order chi connectivity index (χ0) is 21.8. The van der Waals surface area contributed by atoms with Crippen LogP contribution in [0.25, 0.3) is 0 Å². The van der Waals surface area contributed by atoms with Crippen molar-refractivity contribution in [2.75, 3.05) is 20.3 Å². The highest BCUT2D eigenvalue weighted by Crippen LogP contribution is 2.28. The van der Waals surface area contributed by atoms with Gasteiger partial charge in [-0.3, -0.25) is 9.59 Å². The zero-order valence-electron chi connectivity index (χ0n) is 17.8. The molecule has 0 aliphatic rings. The second-order valence-electron chi connectivity index (χ2n) is 6.71. The topological polar surface area (TPSA) is 116 Å². The quantitative estimate of drug-likeness (QED) is 0.512. The maximum absolute atomic E-state index is 12.1. The molecule has 164 valence electrons. The highest BCUT2D eigenvalue weighted by Gasteiger charge is 2.10. The summed E-state index contributed by atoms with van der Waals surface area (Å²) in [5, 5.41) is 9.45. The van der Waals surface area contributed by atoms with E-state index < -0.39 is 0 Å². The van der Waals surface area contributed by atoms with Crippen LogP contribution in [0.3, 0.4) is 0 Å². The third-order valence-electron chi connectivity index (χ3n) is 4.23. The second-order valence-corrected chi connectivity index (χ2v) is 6.71. The lowest BCUT2D eigenvalue weighted by Gasteiger charge is -2.12. The number of benzene rings is 1. The third-order valence-corrected chi connectivity index (χ3v) is 4.23. The van der Waals surface area contributed by atoms with E-state index in [0.29, 0.717) is 55.6 Å². The molecule has 1 aromatic heterocycles. The molecule has 2 amide bonds. The number of nitrogens with one attached hydrogen (secondary N) is 2. The molecule has 1 heterocycles. The number of methoxy groups -OCH3 is 1. The lowest BCUT2D eigenvalue weighted by atomic mass is 10.2. The van der Waals surface area contributed by atoms with Gasteiger partial charge in [0.25, 0.3) is 5.91 Å². The van der Waals surface area contributed by atoms with Gasteiger partial charge in [-0.1, -0.05) is 18.1 Å². The maximum atomic E-state index is 12.1. The Morgan fingerprint density at radius 3 is 2.67 bits per heavy atom. The van der Waals surface area contributed by atoms with E-state index in [0.717, 1.165) is 18.4 Å². The number of hydrogen-bond donors (Lipinski definition) is 2. The summed E-state index contributed by atoms with van der Waals surface area (Å²) in [4.78, 5) is 27.9. The first-order valence-electron chi connectivity index (χ1n) is 10.2. The largest absolute Gasteiger partial charge is 0.493 e. The van der Waals surface area contributed by atoms with Crippen molar-refractivity contribution in [2.24, 2.45) is 0 Å². The molecule has 2 rings (SSSR count). The minimum absolute atomic E-state index is 0.0566. The molecule has 30 heavy (non-hydrogen) atoms. The van der Waals surface area contributed by atoms with Gasteiger partial charge in [0.1, 0.15) is 0 Å². The van der Waals surface area contributed by atoms with Gasteiger partial charge in [0.15, 0.2) is 23.9 Å². The van der Waals surface area contributed by atoms with Crippen molar-refractivity contribution in [1.82, 2.24) is 20.8 Å². The molecular weight excluding hydrogens is 388 g/mol. The number of ether oxygens (including phenoxy) is 2. The molecule has 0 saturated carbocycles. The van der Waals surface area contributed by atoms with Crippen molar-refractivity contribution in [3.63, 3.8) is 0 Å². The van der Waals surface area contributed by atoms with Crippen LogP contribution in [0.5, 0.6) is 11.5 Å². The van der Waals surface area contributed by atoms with Gasteiger partial charge in [-0.05, 0) is 37.5 Å². The number of hydrogen-bond acceptors (Lipinski definition) is 7. The predicted octanol–water partition coefficient (Wildman–Crippen LogP) is 2.18. The van der Waals surface area contributed by atoms with Gasteiger partial charge in [0.05, 0.1) is 7.11 Å². The van der Waals surface area contributed by atoms with Crippen LogP contribution in [0.15, 0.2) is 22.7 Å². The van der Waals surface area contributed by atoms with E-state index in [1.807, 2.05) is 13.0 Å². The fourth-order valence-electron chi connectivity index (χ4n) is 2.74. The third kappa shape index (κ3) is 7.73. The first-order valence-corrected chi connectivity index (χ1v) is 10.2. The van der Waals surface area contributed by atoms with Crippen LogP contribution in [0.4, 0.5) is 0 Å². The van der Waals surface area contributed by atoms with E-state index >= 15 is 0 Å². The molecule has 0 spiro atoms. The van der Waals surface area contributed by atoms with Crippen LogP contribution < -0.4 is 20.1 Å². The summed E-state index contributed by atoms with van der Waals surface area (Å²) in [5.74, 6) is 2.01. The molecule has 0 unspecified atom stereocenters. The summed E-state index contributed by atoms with van der Waals surface area (Å²) in [6.45, 7) is 4.73. The molecule has 0 atom stereocenters. The van der Waals surface area contributed by atoms with Crippen LogP contribution in [0, 0.1) is 0 Å². The Bertz CT molecular complexity index is 821. The van der Waals surface area contributed by atoms with Crippen LogP contribution in [-0.2, 0) is 29.0 Å². The van der Waals surface area contributed by atoms with E-state index in [2.05, 4.69) is 27.7 Å². The van der Waals surface area contributed by atoms with Crippen molar-refractivity contribution in [2.45, 2.75) is 52.5 Å². The standard InChI is InChI=1S/C21H30N4O5/c1-4-7-18-24-21(30-25-18)9-6-8-19(26)23-13-15-10-11-16(17(12-15)28-3)29-14-20(27)22-5-2/h10-12H,4-9,13-14H2,1-3H3,(H,22,27)(H,23,26). The number of aryl methyl sites for hydroxylation is 2. The van der Waals surface area contributed by atoms with Crippen molar-refractivity contribution >= 4 is 11.8 Å². The Morgan fingerprint density at radius 1 is 1.10 bits per heavy atom. The molecule has 9 nitrogen and oxygen atoms in total. The summed E-state index contributed by atoms with van der Waals surface area (Å²) < 4.78 is 16.0. The Hall–Kier alpha value is -3.10. The summed E-state index contributed by atoms with van der Waals surface area (Å²) in [7, 11) is 1.53. The Balaban J connectivity index is 1.75. The molecule has 0 bridgehead atoms. The molecule has 0 radical (unpaired) electrons. The van der Waals surface area contributed by atoms with Gasteiger partial charge in [0, 0.05) is 32.4 Å². The van der Waals surface area contributed by atoms with Gasteiger partial charge < -0.3 is 24.6 Å². The van der Waals surface area contributed by atoms with Gasteiger partial charge >= 0.3 is 0 Å². The van der Waals surface area contributed by atoms with Gasteiger partial charge in [-0.15, -0.1) is 0 Å². The molecule has 9 heteroatoms. The normalized spacial score (nSPS) is 10.5. The second kappa shape index (κ2) is 12.5. The fourth-order valence-corrected chi connectivity index (χ4v) is 2.74. The van der Waals surface area contributed by atoms with E-state index in [9.17, 15) is 9.59 Å². The van der Waals surface area contributed by atoms with E-state index in [1.165, 1.54) is 7.11 Å². The summed E-state index contributed by atoms with van der Waals surface area (Å²) in [6, 6.07) is 5.33. The minimum atomic E-state index is -0.196. The number of likely N-dealkylation sites (N-methyl/N-ethyl adjacent to an activating group) is 1. The lowest BCUT2D eigenvalue weighted by Crippen LogP contribution is -2.28. The zero-order valence-corrected chi connectivity index (χ0v) is 17.8. The average Bonchev–Trinajstić information content (AvgIpc) is 3.18. The Morgan fingerprint density at radius 2 is 1.93 bits per heavy atom. The highest BCUT2D eigenvalue weighted by atomic mass is 16.5. The van der Waals surface area contributed by atoms with Crippen molar-refractivity contribution < 1.29 is 23.6 Å². The van der Waals surface area contributed by atoms with Crippen molar-refractivity contribution in [1.29, 1.82) is 0 Å². The number of carbonyl (C=O) groups excluding carboxylic acids is 2. The molecule has 2 aromatic rings. The summed E-state index contributed by atoms with van der Waals surface area (Å²) >= 11 is 0. The van der Waals surface area contributed by atoms with Gasteiger partial charge in [-0.25, -0.2) is 0 Å². The van der Waals surface area contributed by atoms with Gasteiger partial charge in [-0.2, -0.15) is 4.98 Å². The molecule has 0 saturated heterocycles. The Kier molecular flexibility index (Phi) is 9.63. The molecular formula is C21H30N4O5. The average molecular weight is 418 g/mol. The summed E-state index contributed by atoms with van der Waals surface area (Å²) in [6.07, 6.45) is 3.35. The van der Waals surface area contributed by atoms with E-state index in [-0.39, 0.29) is 18.4 Å². The maximum Gasteiger partial charge on any atom is 0.257 e. The van der Waals surface area contributed by atoms with Crippen LogP contribution in [0.2, 0.25) is 0 Å². The van der Waals surface area contributed by atoms with E-state index in [1.54, 1.807) is 12.1 Å². The monoisotopic (exact) mass is 418 g/mol. The number of carbonyl (C=O) groups is 2. The number of rotatable bonds is 13. The molecule has 0 aliphatic carbocycles. The highest BCUT2D eigenvalue weighted by molar-refractivity contribution is 5.77. The predicted molar refractivity (Wildman–Crippen MR) is 110 cm³/mol. The molecule has 0 fully saturated rings. The van der Waals surface area contributed by atoms with Crippen molar-refractivity contribution in [3.05, 3.63) is 35.5 Å². The van der Waals surface area contributed by atoms with Crippen LogP contribution in [0.1, 0.15) is 50.4 Å². The van der Waals surface area contributed by atoms with Crippen LogP contribution in [-0.4, -0.2) is 42.2 Å². The first kappa shape index (κ1) is 23.2. The smallest absolute Gasteiger partial charge is 0.257 e. The number of amides is 2. The SMILES string of the molecule is CCCc1noc(CCCC(=O)NCc2ccc(OCC(=O)NCC)c(OC)c2)n1. The van der Waals surface area contributed by atoms with E-state index in [4.69, 9.17) is 14.0 Å². The number of aromatic nitrogens is 2. The molecule has 2 N–H and O–H groups in total. The molecule has 0 aliphatic heterocycles. The van der Waals surface area contributed by atoms with Crippen molar-refractivity contribution in [3.8, 4) is 11.5 Å². The number of nitrogens with zero attached hydrogens (tertiary/aromatic N) is 2. The fraction of sp³-hybridized carbons (Fsp3) is 0.524. The Labute approximate surface area is 176 Å². The summed E-state index contributed by atoms with van der Waals surface area (Å²) in [5.41, 5.74) is 0.867.